The summed E-state index contributed by atoms with van der Waals surface area (Å²) in [6.45, 7) is 0.695. The van der Waals surface area contributed by atoms with Crippen LogP contribution < -0.4 is 5.56 Å². The number of pyridine rings is 1. The van der Waals surface area contributed by atoms with Crippen molar-refractivity contribution in [3.8, 4) is 0 Å². The predicted molar refractivity (Wildman–Crippen MR) is 80.8 cm³/mol. The number of carboxylic acid groups (broad SMARTS) is 1. The molecule has 1 amide bonds. The van der Waals surface area contributed by atoms with Gasteiger partial charge in [-0.3, -0.25) is 14.4 Å². The van der Waals surface area contributed by atoms with Crippen LogP contribution in [-0.2, 0) is 4.79 Å². The molecule has 2 N–H and O–H groups in total. The number of rotatable bonds is 2. The van der Waals surface area contributed by atoms with Crippen molar-refractivity contribution in [2.75, 3.05) is 13.1 Å². The van der Waals surface area contributed by atoms with Crippen LogP contribution in [-0.4, -0.2) is 40.0 Å². The van der Waals surface area contributed by atoms with E-state index in [1.807, 2.05) is 0 Å². The summed E-state index contributed by atoms with van der Waals surface area (Å²) >= 11 is 0. The molecule has 1 saturated heterocycles. The van der Waals surface area contributed by atoms with E-state index in [1.165, 1.54) is 4.90 Å². The second-order valence-electron chi connectivity index (χ2n) is 5.53. The van der Waals surface area contributed by atoms with E-state index in [1.54, 1.807) is 30.3 Å². The van der Waals surface area contributed by atoms with Crippen LogP contribution in [0.25, 0.3) is 10.8 Å². The Labute approximate surface area is 126 Å². The normalized spacial score (nSPS) is 18.4. The number of hydrogen-bond acceptors (Lipinski definition) is 3. The van der Waals surface area contributed by atoms with E-state index in [0.717, 1.165) is 0 Å². The van der Waals surface area contributed by atoms with Gasteiger partial charge < -0.3 is 15.0 Å². The summed E-state index contributed by atoms with van der Waals surface area (Å²) in [5.74, 6) is -1.75. The fourth-order valence-electron chi connectivity index (χ4n) is 2.86. The molecule has 0 saturated carbocycles. The highest BCUT2D eigenvalue weighted by Gasteiger charge is 2.29. The maximum Gasteiger partial charge on any atom is 0.308 e. The van der Waals surface area contributed by atoms with Gasteiger partial charge in [0.1, 0.15) is 5.69 Å². The minimum absolute atomic E-state index is 0.184. The summed E-state index contributed by atoms with van der Waals surface area (Å²) in [6.07, 6.45) is 1.23. The van der Waals surface area contributed by atoms with Crippen molar-refractivity contribution in [3.05, 3.63) is 46.4 Å². The second-order valence-corrected chi connectivity index (χ2v) is 5.53. The zero-order valence-electron chi connectivity index (χ0n) is 11.9. The number of benzene rings is 1. The number of hydrogen-bond donors (Lipinski definition) is 2. The fourth-order valence-corrected chi connectivity index (χ4v) is 2.86. The lowest BCUT2D eigenvalue weighted by atomic mass is 9.98. The van der Waals surface area contributed by atoms with E-state index in [0.29, 0.717) is 30.2 Å². The van der Waals surface area contributed by atoms with Crippen LogP contribution in [0.5, 0.6) is 0 Å². The molecule has 0 bridgehead atoms. The number of likely N-dealkylation sites (tertiary alicyclic amines) is 1. The van der Waals surface area contributed by atoms with Crippen LogP contribution in [0, 0.1) is 5.92 Å². The highest BCUT2D eigenvalue weighted by atomic mass is 16.4. The SMILES string of the molecule is O=C(O)[C@H]1CCCN(C(=O)c2cc3ccccc3c(=O)[nH]2)C1. The maximum absolute atomic E-state index is 12.5. The van der Waals surface area contributed by atoms with Gasteiger partial charge in [-0.1, -0.05) is 18.2 Å². The molecule has 6 nitrogen and oxygen atoms in total. The number of carbonyl (C=O) groups excluding carboxylic acids is 1. The zero-order valence-corrected chi connectivity index (χ0v) is 11.9. The number of aliphatic carboxylic acids is 1. The van der Waals surface area contributed by atoms with Crippen molar-refractivity contribution in [1.82, 2.24) is 9.88 Å². The van der Waals surface area contributed by atoms with E-state index >= 15 is 0 Å². The van der Waals surface area contributed by atoms with Crippen LogP contribution in [0.2, 0.25) is 0 Å². The first-order chi connectivity index (χ1) is 10.6. The van der Waals surface area contributed by atoms with Gasteiger partial charge in [0.15, 0.2) is 0 Å². The summed E-state index contributed by atoms with van der Waals surface area (Å²) in [5, 5.41) is 10.3. The minimum atomic E-state index is -0.885. The van der Waals surface area contributed by atoms with Gasteiger partial charge in [-0.05, 0) is 30.4 Å². The Morgan fingerprint density at radius 3 is 2.82 bits per heavy atom. The standard InChI is InChI=1S/C16H16N2O4/c19-14-12-6-2-1-4-10(12)8-13(17-14)15(20)18-7-3-5-11(9-18)16(21)22/h1-2,4,6,8,11H,3,5,7,9H2,(H,17,19)(H,21,22)/t11-/m0/s1. The number of aromatic nitrogens is 1. The van der Waals surface area contributed by atoms with Crippen molar-refractivity contribution in [2.45, 2.75) is 12.8 Å². The molecule has 0 unspecified atom stereocenters. The molecule has 1 atom stereocenters. The minimum Gasteiger partial charge on any atom is -0.481 e. The van der Waals surface area contributed by atoms with Gasteiger partial charge in [0.2, 0.25) is 0 Å². The first kappa shape index (κ1) is 14.3. The molecule has 22 heavy (non-hydrogen) atoms. The molecule has 1 fully saturated rings. The predicted octanol–water partition coefficient (Wildman–Crippen LogP) is 1.46. The molecule has 2 aromatic rings. The lowest BCUT2D eigenvalue weighted by Crippen LogP contribution is -2.42. The zero-order chi connectivity index (χ0) is 15.7. The van der Waals surface area contributed by atoms with E-state index in [9.17, 15) is 14.4 Å². The molecule has 0 aliphatic carbocycles. The number of H-pyrrole nitrogens is 1. The Bertz CT molecular complexity index is 796. The van der Waals surface area contributed by atoms with Crippen molar-refractivity contribution in [3.63, 3.8) is 0 Å². The number of amides is 1. The summed E-state index contributed by atoms with van der Waals surface area (Å²) in [6, 6.07) is 8.68. The smallest absolute Gasteiger partial charge is 0.308 e. The molecule has 0 spiro atoms. The molecule has 114 valence electrons. The van der Waals surface area contributed by atoms with E-state index in [2.05, 4.69) is 4.98 Å². The van der Waals surface area contributed by atoms with Gasteiger partial charge in [-0.2, -0.15) is 0 Å². The quantitative estimate of drug-likeness (QED) is 0.878. The van der Waals surface area contributed by atoms with Crippen LogP contribution in [0.3, 0.4) is 0 Å². The number of nitrogens with one attached hydrogen (secondary N) is 1. The van der Waals surface area contributed by atoms with Gasteiger partial charge in [-0.15, -0.1) is 0 Å². The van der Waals surface area contributed by atoms with Crippen LogP contribution in [0.4, 0.5) is 0 Å². The van der Waals surface area contributed by atoms with Gasteiger partial charge in [0, 0.05) is 18.5 Å². The topological polar surface area (TPSA) is 90.5 Å². The van der Waals surface area contributed by atoms with Crippen LogP contribution in [0.15, 0.2) is 35.1 Å². The van der Waals surface area contributed by atoms with Gasteiger partial charge in [0.05, 0.1) is 5.92 Å². The third-order valence-electron chi connectivity index (χ3n) is 4.04. The third kappa shape index (κ3) is 2.59. The highest BCUT2D eigenvalue weighted by Crippen LogP contribution is 2.19. The average Bonchev–Trinajstić information content (AvgIpc) is 2.54. The number of aromatic amines is 1. The Kier molecular flexibility index (Phi) is 3.66. The fraction of sp³-hybridized carbons (Fsp3) is 0.312. The molecular formula is C16H16N2O4. The second kappa shape index (κ2) is 5.63. The number of piperidine rings is 1. The van der Waals surface area contributed by atoms with Gasteiger partial charge in [0.25, 0.3) is 11.5 Å². The monoisotopic (exact) mass is 300 g/mol. The Morgan fingerprint density at radius 1 is 1.27 bits per heavy atom. The number of nitrogens with zero attached hydrogens (tertiary/aromatic N) is 1. The first-order valence-corrected chi connectivity index (χ1v) is 7.20. The molecule has 3 rings (SSSR count). The van der Waals surface area contributed by atoms with E-state index in [-0.39, 0.29) is 23.7 Å². The third-order valence-corrected chi connectivity index (χ3v) is 4.04. The van der Waals surface area contributed by atoms with Crippen LogP contribution >= 0.6 is 0 Å². The van der Waals surface area contributed by atoms with E-state index < -0.39 is 11.9 Å². The Hall–Kier alpha value is -2.63. The molecule has 0 radical (unpaired) electrons. The summed E-state index contributed by atoms with van der Waals surface area (Å²) < 4.78 is 0. The van der Waals surface area contributed by atoms with Gasteiger partial charge in [-0.25, -0.2) is 0 Å². The average molecular weight is 300 g/mol. The Balaban J connectivity index is 1.92. The Morgan fingerprint density at radius 2 is 2.05 bits per heavy atom. The van der Waals surface area contributed by atoms with Crippen molar-refractivity contribution >= 4 is 22.6 Å². The summed E-state index contributed by atoms with van der Waals surface area (Å²) in [7, 11) is 0. The number of fused-ring (bicyclic) bond motifs is 1. The van der Waals surface area contributed by atoms with Gasteiger partial charge >= 0.3 is 5.97 Å². The van der Waals surface area contributed by atoms with E-state index in [4.69, 9.17) is 5.11 Å². The molecule has 1 aromatic carbocycles. The number of carbonyl (C=O) groups is 2. The highest BCUT2D eigenvalue weighted by molar-refractivity contribution is 5.96. The molecule has 1 aliphatic rings. The first-order valence-electron chi connectivity index (χ1n) is 7.20. The molecular weight excluding hydrogens is 284 g/mol. The largest absolute Gasteiger partial charge is 0.481 e. The summed E-state index contributed by atoms with van der Waals surface area (Å²) in [4.78, 5) is 39.8. The molecule has 2 heterocycles. The maximum atomic E-state index is 12.5. The lowest BCUT2D eigenvalue weighted by Gasteiger charge is -2.30. The molecule has 1 aliphatic heterocycles. The van der Waals surface area contributed by atoms with Crippen molar-refractivity contribution < 1.29 is 14.7 Å². The summed E-state index contributed by atoms with van der Waals surface area (Å²) in [5.41, 5.74) is -0.108. The van der Waals surface area contributed by atoms with Crippen LogP contribution in [0.1, 0.15) is 23.3 Å². The number of carboxylic acids is 1. The lowest BCUT2D eigenvalue weighted by molar-refractivity contribution is -0.143. The van der Waals surface area contributed by atoms with Crippen molar-refractivity contribution in [2.24, 2.45) is 5.92 Å². The van der Waals surface area contributed by atoms with Crippen molar-refractivity contribution in [1.29, 1.82) is 0 Å². The molecule has 1 aromatic heterocycles. The molecule has 6 heteroatoms.